The molecule has 0 saturated carbocycles. The van der Waals surface area contributed by atoms with Crippen LogP contribution in [0.4, 0.5) is 5.82 Å². The standard InChI is InChI=1S/C31H21ClN6O3S/c32-28-13-10-23(42-28)19-34-29-18-26(35-38(29)31(40)25-15-17-41-36-25)24-11-14-30(39)37(20-22-8-4-5-16-33-22)27(24)12-9-21-6-2-1-3-7-21/h1-8,10-11,13-18,34H,19-20H2. The van der Waals surface area contributed by atoms with E-state index in [1.54, 1.807) is 22.9 Å². The summed E-state index contributed by atoms with van der Waals surface area (Å²) in [7, 11) is 0. The summed E-state index contributed by atoms with van der Waals surface area (Å²) in [4.78, 5) is 31.9. The number of carbonyl (C=O) groups excluding carboxylic acids is 1. The lowest BCUT2D eigenvalue weighted by Crippen LogP contribution is -2.23. The monoisotopic (exact) mass is 592 g/mol. The molecular formula is C31H21ClN6O3S. The Morgan fingerprint density at radius 3 is 2.60 bits per heavy atom. The Hall–Kier alpha value is -5.24. The second-order valence-corrected chi connectivity index (χ2v) is 10.8. The largest absolute Gasteiger partial charge is 0.365 e. The van der Waals surface area contributed by atoms with E-state index < -0.39 is 5.91 Å². The summed E-state index contributed by atoms with van der Waals surface area (Å²) in [6.07, 6.45) is 3.00. The molecular weight excluding hydrogens is 572 g/mol. The van der Waals surface area contributed by atoms with Crippen molar-refractivity contribution < 1.29 is 9.32 Å². The molecule has 0 saturated heterocycles. The lowest BCUT2D eigenvalue weighted by Gasteiger charge is -2.12. The molecule has 6 rings (SSSR count). The van der Waals surface area contributed by atoms with Gasteiger partial charge in [-0.2, -0.15) is 9.78 Å². The van der Waals surface area contributed by atoms with Gasteiger partial charge in [0.25, 0.3) is 5.56 Å². The fraction of sp³-hybridized carbons (Fsp3) is 0.0645. The van der Waals surface area contributed by atoms with Gasteiger partial charge < -0.3 is 9.84 Å². The summed E-state index contributed by atoms with van der Waals surface area (Å²) in [6, 6.07) is 25.1. The number of pyridine rings is 2. The van der Waals surface area contributed by atoms with E-state index in [-0.39, 0.29) is 17.8 Å². The van der Waals surface area contributed by atoms with Gasteiger partial charge in [-0.25, -0.2) is 0 Å². The predicted octanol–water partition coefficient (Wildman–Crippen LogP) is 5.56. The number of halogens is 1. The van der Waals surface area contributed by atoms with Crippen molar-refractivity contribution in [3.63, 3.8) is 0 Å². The van der Waals surface area contributed by atoms with Crippen LogP contribution in [0.2, 0.25) is 4.34 Å². The first kappa shape index (κ1) is 27.0. The van der Waals surface area contributed by atoms with Crippen molar-refractivity contribution in [2.75, 3.05) is 5.32 Å². The Bertz CT molecular complexity index is 1970. The van der Waals surface area contributed by atoms with Gasteiger partial charge in [-0.15, -0.1) is 11.3 Å². The molecule has 0 bridgehead atoms. The van der Waals surface area contributed by atoms with Gasteiger partial charge in [0.15, 0.2) is 5.69 Å². The van der Waals surface area contributed by atoms with Crippen LogP contribution in [-0.4, -0.2) is 30.4 Å². The van der Waals surface area contributed by atoms with E-state index in [4.69, 9.17) is 16.1 Å². The summed E-state index contributed by atoms with van der Waals surface area (Å²) in [6.45, 7) is 0.615. The van der Waals surface area contributed by atoms with Crippen molar-refractivity contribution >= 4 is 34.7 Å². The van der Waals surface area contributed by atoms with Crippen molar-refractivity contribution in [1.82, 2.24) is 24.5 Å². The molecule has 0 fully saturated rings. The molecule has 0 spiro atoms. The quantitative estimate of drug-likeness (QED) is 0.242. The van der Waals surface area contributed by atoms with E-state index in [9.17, 15) is 9.59 Å². The van der Waals surface area contributed by atoms with Crippen LogP contribution in [0.1, 0.15) is 32.3 Å². The maximum atomic E-state index is 13.4. The minimum absolute atomic E-state index is 0.0936. The van der Waals surface area contributed by atoms with E-state index in [1.165, 1.54) is 34.4 Å². The second kappa shape index (κ2) is 12.1. The van der Waals surface area contributed by atoms with Crippen LogP contribution in [-0.2, 0) is 13.1 Å². The van der Waals surface area contributed by atoms with Gasteiger partial charge in [-0.05, 0) is 48.4 Å². The maximum Gasteiger partial charge on any atom is 0.302 e. The number of rotatable bonds is 7. The first-order valence-electron chi connectivity index (χ1n) is 12.8. The Morgan fingerprint density at radius 1 is 1.00 bits per heavy atom. The number of nitrogens with one attached hydrogen (secondary N) is 1. The number of anilines is 1. The first-order valence-corrected chi connectivity index (χ1v) is 14.0. The molecule has 6 aromatic rings. The van der Waals surface area contributed by atoms with Crippen LogP contribution in [0.15, 0.2) is 107 Å². The third-order valence-corrected chi connectivity index (χ3v) is 7.47. The Balaban J connectivity index is 1.48. The van der Waals surface area contributed by atoms with Gasteiger partial charge in [0.05, 0.1) is 28.8 Å². The second-order valence-electron chi connectivity index (χ2n) is 9.03. The average Bonchev–Trinajstić information content (AvgIpc) is 3.79. The zero-order valence-electron chi connectivity index (χ0n) is 21.9. The van der Waals surface area contributed by atoms with Crippen LogP contribution in [0, 0.1) is 11.8 Å². The minimum Gasteiger partial charge on any atom is -0.365 e. The topological polar surface area (TPSA) is 108 Å². The van der Waals surface area contributed by atoms with Crippen molar-refractivity contribution in [2.45, 2.75) is 13.1 Å². The molecule has 0 aliphatic heterocycles. The molecule has 1 N–H and O–H groups in total. The van der Waals surface area contributed by atoms with Crippen molar-refractivity contribution in [3.8, 4) is 23.1 Å². The van der Waals surface area contributed by atoms with Crippen molar-refractivity contribution in [2.24, 2.45) is 0 Å². The van der Waals surface area contributed by atoms with Gasteiger partial charge in [-0.3, -0.25) is 19.1 Å². The minimum atomic E-state index is -0.486. The highest BCUT2D eigenvalue weighted by molar-refractivity contribution is 7.16. The van der Waals surface area contributed by atoms with Crippen LogP contribution in [0.3, 0.4) is 0 Å². The lowest BCUT2D eigenvalue weighted by molar-refractivity contribution is 0.0938. The SMILES string of the molecule is O=C(c1ccon1)n1nc(-c2ccc(=O)n(Cc3ccccn3)c2C#Cc2ccccc2)cc1NCc1ccc(Cl)s1. The zero-order valence-corrected chi connectivity index (χ0v) is 23.5. The van der Waals surface area contributed by atoms with E-state index in [2.05, 4.69) is 32.4 Å². The van der Waals surface area contributed by atoms with E-state index >= 15 is 0 Å². The Labute approximate surface area is 249 Å². The van der Waals surface area contributed by atoms with Gasteiger partial charge >= 0.3 is 5.91 Å². The molecule has 0 amide bonds. The van der Waals surface area contributed by atoms with E-state index in [0.29, 0.717) is 39.3 Å². The summed E-state index contributed by atoms with van der Waals surface area (Å²) in [5.41, 5.74) is 2.78. The van der Waals surface area contributed by atoms with Gasteiger partial charge in [0.2, 0.25) is 0 Å². The van der Waals surface area contributed by atoms with Gasteiger partial charge in [0, 0.05) is 40.4 Å². The van der Waals surface area contributed by atoms with E-state index in [1.807, 2.05) is 60.7 Å². The van der Waals surface area contributed by atoms with Crippen molar-refractivity contribution in [1.29, 1.82) is 0 Å². The Kier molecular flexibility index (Phi) is 7.76. The molecule has 9 nitrogen and oxygen atoms in total. The predicted molar refractivity (Wildman–Crippen MR) is 161 cm³/mol. The van der Waals surface area contributed by atoms with Gasteiger partial charge in [0.1, 0.15) is 17.8 Å². The number of hydrogen-bond donors (Lipinski definition) is 1. The van der Waals surface area contributed by atoms with E-state index in [0.717, 1.165) is 10.4 Å². The Morgan fingerprint density at radius 2 is 1.86 bits per heavy atom. The third kappa shape index (κ3) is 5.93. The maximum absolute atomic E-state index is 13.4. The molecule has 42 heavy (non-hydrogen) atoms. The number of benzene rings is 1. The number of hydrogen-bond acceptors (Lipinski definition) is 8. The molecule has 0 aliphatic rings. The molecule has 0 radical (unpaired) electrons. The molecule has 5 aromatic heterocycles. The summed E-state index contributed by atoms with van der Waals surface area (Å²) >= 11 is 7.54. The lowest BCUT2D eigenvalue weighted by atomic mass is 10.1. The highest BCUT2D eigenvalue weighted by atomic mass is 35.5. The molecule has 1 aromatic carbocycles. The normalized spacial score (nSPS) is 10.7. The summed E-state index contributed by atoms with van der Waals surface area (Å²) < 4.78 is 8.34. The zero-order chi connectivity index (χ0) is 28.9. The third-order valence-electron chi connectivity index (χ3n) is 6.24. The molecule has 0 unspecified atom stereocenters. The fourth-order valence-electron chi connectivity index (χ4n) is 4.23. The molecule has 0 atom stereocenters. The molecule has 5 heterocycles. The van der Waals surface area contributed by atoms with Gasteiger partial charge in [-0.1, -0.05) is 46.9 Å². The molecule has 0 aliphatic carbocycles. The number of nitrogens with zero attached hydrogens (tertiary/aromatic N) is 5. The average molecular weight is 593 g/mol. The first-order chi connectivity index (χ1) is 20.5. The number of thiophene rings is 1. The van der Waals surface area contributed by atoms with Crippen LogP contribution in [0.25, 0.3) is 11.3 Å². The highest BCUT2D eigenvalue weighted by Crippen LogP contribution is 2.27. The smallest absolute Gasteiger partial charge is 0.302 e. The molecule has 11 heteroatoms. The summed E-state index contributed by atoms with van der Waals surface area (Å²) in [5.74, 6) is 6.29. The number of carbonyl (C=O) groups is 1. The van der Waals surface area contributed by atoms with Crippen LogP contribution in [0.5, 0.6) is 0 Å². The molecule has 206 valence electrons. The fourth-order valence-corrected chi connectivity index (χ4v) is 5.26. The van der Waals surface area contributed by atoms with Crippen molar-refractivity contribution in [3.05, 3.63) is 140 Å². The number of aromatic nitrogens is 5. The summed E-state index contributed by atoms with van der Waals surface area (Å²) in [5, 5.41) is 11.7. The van der Waals surface area contributed by atoms with Crippen LogP contribution >= 0.6 is 22.9 Å². The highest BCUT2D eigenvalue weighted by Gasteiger charge is 2.22. The van der Waals surface area contributed by atoms with Crippen LogP contribution < -0.4 is 10.9 Å².